The highest BCUT2D eigenvalue weighted by molar-refractivity contribution is 8.18. The molecule has 58 heavy (non-hydrogen) atoms. The molecule has 2 aliphatic heterocycles. The molecule has 0 aromatic heterocycles. The molecule has 4 amide bonds. The van der Waals surface area contributed by atoms with Crippen LogP contribution in [0.4, 0.5) is 4.79 Å². The van der Waals surface area contributed by atoms with Crippen LogP contribution in [0.25, 0.3) is 11.1 Å². The largest absolute Gasteiger partial charge is 0.449 e. The van der Waals surface area contributed by atoms with Gasteiger partial charge in [0.05, 0.1) is 4.08 Å². The molecule has 13 heteroatoms. The number of thioether (sulfide) groups is 2. The van der Waals surface area contributed by atoms with Crippen LogP contribution >= 0.6 is 23.5 Å². The van der Waals surface area contributed by atoms with Gasteiger partial charge in [0.25, 0.3) is 17.7 Å². The summed E-state index contributed by atoms with van der Waals surface area (Å²) in [7, 11) is 0. The van der Waals surface area contributed by atoms with Gasteiger partial charge in [-0.3, -0.25) is 14.4 Å². The molecule has 3 N–H and O–H groups in total. The molecule has 4 aromatic carbocycles. The Morgan fingerprint density at radius 3 is 2.12 bits per heavy atom. The molecule has 2 heterocycles. The van der Waals surface area contributed by atoms with Crippen molar-refractivity contribution in [2.45, 2.75) is 73.5 Å². The molecule has 302 valence electrons. The SMILES string of the molecule is CCC1(C(O)(c2ccccc2)c2cccc(C(=O)NCCCC[C@H](NC(=O)OCC3c4ccccc4-c4ccccc43)C(=O)ON3C(=O)CCC3=O)c2)SCCCS1. The van der Waals surface area contributed by atoms with E-state index in [0.717, 1.165) is 52.2 Å². The number of hydrogen-bond acceptors (Lipinski definition) is 10. The van der Waals surface area contributed by atoms with Crippen molar-refractivity contribution in [3.05, 3.63) is 131 Å². The van der Waals surface area contributed by atoms with E-state index in [-0.39, 0.29) is 44.2 Å². The number of nitrogens with one attached hydrogen (secondary N) is 2. The number of carbonyl (C=O) groups excluding carboxylic acids is 5. The Morgan fingerprint density at radius 1 is 0.845 bits per heavy atom. The lowest BCUT2D eigenvalue weighted by molar-refractivity contribution is -0.199. The van der Waals surface area contributed by atoms with Crippen LogP contribution in [-0.2, 0) is 29.6 Å². The fourth-order valence-electron chi connectivity index (χ4n) is 8.04. The van der Waals surface area contributed by atoms with Crippen LogP contribution in [0.3, 0.4) is 0 Å². The number of amides is 4. The summed E-state index contributed by atoms with van der Waals surface area (Å²) in [6.45, 7) is 2.38. The van der Waals surface area contributed by atoms with Crippen LogP contribution < -0.4 is 10.6 Å². The number of fused-ring (bicyclic) bond motifs is 3. The molecule has 1 unspecified atom stereocenters. The maximum Gasteiger partial charge on any atom is 0.407 e. The predicted octanol–water partition coefficient (Wildman–Crippen LogP) is 7.31. The second-order valence-electron chi connectivity index (χ2n) is 14.6. The predicted molar refractivity (Wildman–Crippen MR) is 224 cm³/mol. The van der Waals surface area contributed by atoms with Gasteiger partial charge >= 0.3 is 12.1 Å². The third-order valence-corrected chi connectivity index (χ3v) is 14.8. The van der Waals surface area contributed by atoms with E-state index in [1.165, 1.54) is 0 Å². The van der Waals surface area contributed by atoms with E-state index in [0.29, 0.717) is 29.0 Å². The van der Waals surface area contributed by atoms with Crippen molar-refractivity contribution in [1.29, 1.82) is 0 Å². The first-order valence-electron chi connectivity index (χ1n) is 19.8. The summed E-state index contributed by atoms with van der Waals surface area (Å²) < 4.78 is 5.13. The average Bonchev–Trinajstić information content (AvgIpc) is 3.76. The van der Waals surface area contributed by atoms with E-state index in [1.54, 1.807) is 41.7 Å². The maximum absolute atomic E-state index is 13.5. The lowest BCUT2D eigenvalue weighted by Crippen LogP contribution is -2.49. The first-order chi connectivity index (χ1) is 28.1. The van der Waals surface area contributed by atoms with Crippen LogP contribution in [-0.4, -0.2) is 74.7 Å². The van der Waals surface area contributed by atoms with Gasteiger partial charge in [-0.05, 0) is 89.1 Å². The minimum absolute atomic E-state index is 0.0256. The lowest BCUT2D eigenvalue weighted by atomic mass is 9.81. The van der Waals surface area contributed by atoms with Gasteiger partial charge in [0.15, 0.2) is 0 Å². The topological polar surface area (TPSA) is 151 Å². The molecule has 0 saturated carbocycles. The highest BCUT2D eigenvalue weighted by atomic mass is 32.2. The molecular weight excluding hydrogens is 775 g/mol. The first kappa shape index (κ1) is 41.1. The zero-order chi connectivity index (χ0) is 40.7. The summed E-state index contributed by atoms with van der Waals surface area (Å²) in [4.78, 5) is 69.6. The minimum Gasteiger partial charge on any atom is -0.449 e. The van der Waals surface area contributed by atoms with Gasteiger partial charge in [-0.25, -0.2) is 9.59 Å². The van der Waals surface area contributed by atoms with Crippen LogP contribution in [0, 0.1) is 0 Å². The number of ether oxygens (including phenoxy) is 1. The number of benzene rings is 4. The number of nitrogens with zero attached hydrogens (tertiary/aromatic N) is 1. The summed E-state index contributed by atoms with van der Waals surface area (Å²) in [5.74, 6) is -0.873. The Kier molecular flexibility index (Phi) is 12.9. The van der Waals surface area contributed by atoms with E-state index >= 15 is 0 Å². The van der Waals surface area contributed by atoms with Gasteiger partial charge in [-0.2, -0.15) is 0 Å². The van der Waals surface area contributed by atoms with Crippen molar-refractivity contribution in [3.8, 4) is 11.1 Å². The number of rotatable bonds is 15. The molecule has 2 atom stereocenters. The molecule has 3 aliphatic rings. The second kappa shape index (κ2) is 18.2. The zero-order valence-corrected chi connectivity index (χ0v) is 33.9. The van der Waals surface area contributed by atoms with Gasteiger partial charge < -0.3 is 25.3 Å². The molecule has 2 fully saturated rings. The normalized spacial score (nSPS) is 17.4. The Hall–Kier alpha value is -5.11. The molecule has 0 radical (unpaired) electrons. The fourth-order valence-corrected chi connectivity index (χ4v) is 11.6. The summed E-state index contributed by atoms with van der Waals surface area (Å²) >= 11 is 3.54. The van der Waals surface area contributed by atoms with Gasteiger partial charge in [0, 0.05) is 30.9 Å². The van der Waals surface area contributed by atoms with Crippen LogP contribution in [0.1, 0.15) is 90.4 Å². The number of aliphatic hydroxyl groups is 1. The van der Waals surface area contributed by atoms with E-state index in [2.05, 4.69) is 17.6 Å². The van der Waals surface area contributed by atoms with Crippen molar-refractivity contribution in [3.63, 3.8) is 0 Å². The summed E-state index contributed by atoms with van der Waals surface area (Å²) in [6.07, 6.45) is 1.69. The van der Waals surface area contributed by atoms with Crippen LogP contribution in [0.2, 0.25) is 0 Å². The summed E-state index contributed by atoms with van der Waals surface area (Å²) in [5, 5.41) is 18.7. The highest BCUT2D eigenvalue weighted by Crippen LogP contribution is 2.58. The van der Waals surface area contributed by atoms with E-state index in [9.17, 15) is 29.1 Å². The number of unbranched alkanes of at least 4 members (excludes halogenated alkanes) is 1. The van der Waals surface area contributed by atoms with Gasteiger partial charge in [-0.15, -0.1) is 28.6 Å². The number of hydroxylamine groups is 2. The third kappa shape index (κ3) is 8.39. The Bertz CT molecular complexity index is 2100. The molecular formula is C45H47N3O8S2. The second-order valence-corrected chi connectivity index (χ2v) is 17.6. The van der Waals surface area contributed by atoms with Crippen molar-refractivity contribution in [1.82, 2.24) is 15.7 Å². The number of alkyl carbamates (subject to hydrolysis) is 1. The fraction of sp³-hybridized carbons (Fsp3) is 0.356. The number of carbonyl (C=O) groups is 5. The van der Waals surface area contributed by atoms with Crippen LogP contribution in [0.5, 0.6) is 0 Å². The quantitative estimate of drug-likeness (QED) is 0.0823. The van der Waals surface area contributed by atoms with Crippen molar-refractivity contribution < 1.29 is 38.7 Å². The van der Waals surface area contributed by atoms with Gasteiger partial charge in [0.2, 0.25) is 0 Å². The summed E-state index contributed by atoms with van der Waals surface area (Å²) in [5.41, 5.74) is 4.68. The molecule has 0 bridgehead atoms. The van der Waals surface area contributed by atoms with Crippen molar-refractivity contribution >= 4 is 53.3 Å². The lowest BCUT2D eigenvalue weighted by Gasteiger charge is -2.48. The minimum atomic E-state index is -1.36. The Morgan fingerprint density at radius 2 is 1.47 bits per heavy atom. The summed E-state index contributed by atoms with van der Waals surface area (Å²) in [6, 6.07) is 31.4. The molecule has 2 saturated heterocycles. The zero-order valence-electron chi connectivity index (χ0n) is 32.3. The monoisotopic (exact) mass is 821 g/mol. The van der Waals surface area contributed by atoms with Gasteiger partial charge in [0.1, 0.15) is 18.2 Å². The first-order valence-corrected chi connectivity index (χ1v) is 21.8. The van der Waals surface area contributed by atoms with E-state index in [1.807, 2.05) is 84.9 Å². The number of hydrogen-bond donors (Lipinski definition) is 3. The van der Waals surface area contributed by atoms with Crippen molar-refractivity contribution in [2.75, 3.05) is 24.7 Å². The molecule has 7 rings (SSSR count). The number of imide groups is 1. The van der Waals surface area contributed by atoms with E-state index < -0.39 is 39.6 Å². The Balaban J connectivity index is 0.981. The Labute approximate surface area is 346 Å². The molecule has 11 nitrogen and oxygen atoms in total. The van der Waals surface area contributed by atoms with E-state index in [4.69, 9.17) is 9.57 Å². The highest BCUT2D eigenvalue weighted by Gasteiger charge is 2.53. The molecule has 1 aliphatic carbocycles. The maximum atomic E-state index is 13.5. The average molecular weight is 822 g/mol. The van der Waals surface area contributed by atoms with Crippen molar-refractivity contribution in [2.24, 2.45) is 0 Å². The smallest absolute Gasteiger partial charge is 0.407 e. The molecule has 0 spiro atoms. The third-order valence-electron chi connectivity index (χ3n) is 11.0. The van der Waals surface area contributed by atoms with Gasteiger partial charge in [-0.1, -0.05) is 97.9 Å². The molecule has 4 aromatic rings. The van der Waals surface area contributed by atoms with Crippen LogP contribution in [0.15, 0.2) is 103 Å². The standard InChI is InChI=1S/C45H47N3O8S2/c1-2-44(57-26-13-27-58-44)45(54,31-15-4-3-5-16-31)32-17-12-14-30(28-32)41(51)46-25-11-10-22-38(42(52)56-48-39(49)23-24-40(48)50)47-43(53)55-29-37-35-20-8-6-18-33(35)34-19-7-9-21-36(34)37/h3-9,12,14-21,28,37-38,54H,2,10-11,13,22-27,29H2,1H3,(H,46,51)(H,47,53)/t38-,45?/m0/s1.